The summed E-state index contributed by atoms with van der Waals surface area (Å²) in [5.74, 6) is 0. The Bertz CT molecular complexity index is 125. The van der Waals surface area contributed by atoms with Crippen LogP contribution in [-0.4, -0.2) is 15.4 Å². The van der Waals surface area contributed by atoms with Gasteiger partial charge in [-0.05, 0) is 19.3 Å². The van der Waals surface area contributed by atoms with E-state index in [9.17, 15) is 4.79 Å². The summed E-state index contributed by atoms with van der Waals surface area (Å²) in [6, 6.07) is 0. The van der Waals surface area contributed by atoms with Gasteiger partial charge in [0.15, 0.2) is 5.12 Å². The van der Waals surface area contributed by atoms with E-state index in [1.54, 1.807) is 0 Å². The second-order valence-electron chi connectivity index (χ2n) is 2.11. The van der Waals surface area contributed by atoms with Gasteiger partial charge in [0.1, 0.15) is 0 Å². The van der Waals surface area contributed by atoms with Crippen molar-refractivity contribution in [2.75, 3.05) is 0 Å². The molecule has 0 aromatic heterocycles. The third-order valence-corrected chi connectivity index (χ3v) is 2.30. The van der Waals surface area contributed by atoms with Crippen LogP contribution >= 0.6 is 12.6 Å². The second kappa shape index (κ2) is 5.74. The van der Waals surface area contributed by atoms with Gasteiger partial charge in [-0.3, -0.25) is 4.79 Å². The molecule has 0 aliphatic rings. The molecule has 0 N–H and O–H groups in total. The number of hydrogen-bond donors (Lipinski definition) is 1. The summed E-state index contributed by atoms with van der Waals surface area (Å²) >= 11 is 3.68. The minimum Gasteiger partial charge on any atom is -0.288 e. The monoisotopic (exact) mass is 171 g/mol. The standard InChI is InChI=1S/C7H11OSSi/c1-2-3-4-5-6(10)7(8)9/h2,6H,1,3-5H2,(H,8,9). The maximum Gasteiger partial charge on any atom is 0.185 e. The molecule has 1 nitrogen and oxygen atoms in total. The van der Waals surface area contributed by atoms with Crippen molar-refractivity contribution in [2.24, 2.45) is 0 Å². The zero-order valence-electron chi connectivity index (χ0n) is 5.84. The molecule has 0 rings (SSSR count). The van der Waals surface area contributed by atoms with Crippen LogP contribution < -0.4 is 0 Å². The highest BCUT2D eigenvalue weighted by molar-refractivity contribution is 7.96. The van der Waals surface area contributed by atoms with Gasteiger partial charge < -0.3 is 0 Å². The first-order valence-corrected chi connectivity index (χ1v) is 4.25. The van der Waals surface area contributed by atoms with Crippen molar-refractivity contribution in [3.05, 3.63) is 12.7 Å². The third kappa shape index (κ3) is 4.82. The molecule has 0 aliphatic heterocycles. The minimum atomic E-state index is -0.0965. The average molecular weight is 171 g/mol. The van der Waals surface area contributed by atoms with Crippen LogP contribution in [0.5, 0.6) is 0 Å². The molecule has 55 valence electrons. The zero-order valence-corrected chi connectivity index (χ0v) is 7.73. The number of allylic oxidation sites excluding steroid dienone is 1. The average Bonchev–Trinajstić information content (AvgIpc) is 1.88. The number of unbranched alkanes of at least 4 members (excludes halogenated alkanes) is 1. The summed E-state index contributed by atoms with van der Waals surface area (Å²) < 4.78 is 0. The second-order valence-corrected chi connectivity index (χ2v) is 3.25. The van der Waals surface area contributed by atoms with Gasteiger partial charge in [-0.1, -0.05) is 6.08 Å². The van der Waals surface area contributed by atoms with Gasteiger partial charge in [-0.25, -0.2) is 0 Å². The van der Waals surface area contributed by atoms with Gasteiger partial charge in [0.25, 0.3) is 0 Å². The first-order valence-electron chi connectivity index (χ1n) is 3.23. The highest BCUT2D eigenvalue weighted by atomic mass is 32.1. The Morgan fingerprint density at radius 1 is 1.80 bits per heavy atom. The predicted molar refractivity (Wildman–Crippen MR) is 47.5 cm³/mol. The van der Waals surface area contributed by atoms with Crippen LogP contribution in [0.1, 0.15) is 19.3 Å². The number of thiol groups is 1. The molecule has 0 heterocycles. The predicted octanol–water partition coefficient (Wildman–Crippen LogP) is 1.76. The Kier molecular flexibility index (Phi) is 5.73. The van der Waals surface area contributed by atoms with Gasteiger partial charge in [-0.15, -0.1) is 19.2 Å². The summed E-state index contributed by atoms with van der Waals surface area (Å²) in [7, 11) is 3.26. The molecular weight excluding hydrogens is 160 g/mol. The number of carbonyl (C=O) groups is 1. The van der Waals surface area contributed by atoms with Crippen molar-refractivity contribution in [1.82, 2.24) is 0 Å². The molecule has 0 bridgehead atoms. The van der Waals surface area contributed by atoms with Crippen molar-refractivity contribution in [3.63, 3.8) is 0 Å². The van der Waals surface area contributed by atoms with E-state index in [0.717, 1.165) is 19.3 Å². The van der Waals surface area contributed by atoms with Crippen LogP contribution in [0.3, 0.4) is 0 Å². The summed E-state index contributed by atoms with van der Waals surface area (Å²) in [5, 5.41) is -0.0965. The van der Waals surface area contributed by atoms with Crippen LogP contribution in [0.25, 0.3) is 0 Å². The van der Waals surface area contributed by atoms with Gasteiger partial charge in [0.2, 0.25) is 0 Å². The van der Waals surface area contributed by atoms with Crippen molar-refractivity contribution in [1.29, 1.82) is 0 Å². The highest BCUT2D eigenvalue weighted by Crippen LogP contribution is 2.13. The zero-order chi connectivity index (χ0) is 7.98. The Balaban J connectivity index is 3.30. The summed E-state index contributed by atoms with van der Waals surface area (Å²) in [6.45, 7) is 3.58. The Morgan fingerprint density at radius 3 is 2.80 bits per heavy atom. The molecule has 0 saturated heterocycles. The van der Waals surface area contributed by atoms with E-state index in [4.69, 9.17) is 0 Å². The van der Waals surface area contributed by atoms with Crippen molar-refractivity contribution in [2.45, 2.75) is 24.8 Å². The van der Waals surface area contributed by atoms with Crippen LogP contribution in [-0.2, 0) is 4.79 Å². The topological polar surface area (TPSA) is 17.1 Å². The van der Waals surface area contributed by atoms with Gasteiger partial charge in [-0.2, -0.15) is 0 Å². The SMILES string of the molecule is C=CCCCC([Si])C(=O)S. The molecule has 0 aliphatic carbocycles. The molecule has 0 spiro atoms. The lowest BCUT2D eigenvalue weighted by molar-refractivity contribution is -0.110. The Morgan fingerprint density at radius 2 is 2.40 bits per heavy atom. The highest BCUT2D eigenvalue weighted by Gasteiger charge is 2.06. The fraction of sp³-hybridized carbons (Fsp3) is 0.571. The number of rotatable bonds is 5. The van der Waals surface area contributed by atoms with E-state index in [2.05, 4.69) is 29.5 Å². The van der Waals surface area contributed by atoms with E-state index in [0.29, 0.717) is 0 Å². The largest absolute Gasteiger partial charge is 0.288 e. The van der Waals surface area contributed by atoms with Crippen LogP contribution in [0, 0.1) is 0 Å². The normalized spacial score (nSPS) is 12.6. The molecule has 0 fully saturated rings. The smallest absolute Gasteiger partial charge is 0.185 e. The van der Waals surface area contributed by atoms with E-state index in [1.165, 1.54) is 0 Å². The van der Waals surface area contributed by atoms with Gasteiger partial charge in [0, 0.05) is 15.8 Å². The molecule has 0 aromatic carbocycles. The maximum atomic E-state index is 10.5. The van der Waals surface area contributed by atoms with Crippen molar-refractivity contribution >= 4 is 28.0 Å². The molecule has 1 unspecified atom stereocenters. The van der Waals surface area contributed by atoms with E-state index < -0.39 is 0 Å². The fourth-order valence-corrected chi connectivity index (χ4v) is 0.923. The molecule has 3 heteroatoms. The van der Waals surface area contributed by atoms with Crippen LogP contribution in [0.2, 0.25) is 5.54 Å². The number of carbonyl (C=O) groups excluding carboxylic acids is 1. The van der Waals surface area contributed by atoms with E-state index in [-0.39, 0.29) is 10.7 Å². The molecule has 0 amide bonds. The van der Waals surface area contributed by atoms with Crippen molar-refractivity contribution in [3.8, 4) is 0 Å². The van der Waals surface area contributed by atoms with Crippen molar-refractivity contribution < 1.29 is 4.79 Å². The van der Waals surface area contributed by atoms with E-state index in [1.807, 2.05) is 6.08 Å². The molecule has 10 heavy (non-hydrogen) atoms. The molecular formula is C7H11OSSi. The summed E-state index contributed by atoms with van der Waals surface area (Å²) in [5.41, 5.74) is -0.0942. The lowest BCUT2D eigenvalue weighted by Gasteiger charge is -2.02. The van der Waals surface area contributed by atoms with Gasteiger partial charge in [0.05, 0.1) is 0 Å². The molecule has 3 radical (unpaired) electrons. The minimum absolute atomic E-state index is 0.0942. The maximum absolute atomic E-state index is 10.5. The number of hydrogen-bond acceptors (Lipinski definition) is 1. The van der Waals surface area contributed by atoms with Crippen LogP contribution in [0.15, 0.2) is 12.7 Å². The first-order chi connectivity index (χ1) is 4.68. The molecule has 0 saturated carbocycles. The van der Waals surface area contributed by atoms with Gasteiger partial charge >= 0.3 is 0 Å². The Hall–Kier alpha value is -0.0231. The third-order valence-electron chi connectivity index (χ3n) is 1.20. The summed E-state index contributed by atoms with van der Waals surface area (Å²) in [4.78, 5) is 10.5. The lowest BCUT2D eigenvalue weighted by atomic mass is 10.2. The Labute approximate surface area is 70.7 Å². The quantitative estimate of drug-likeness (QED) is 0.289. The summed E-state index contributed by atoms with van der Waals surface area (Å²) in [6.07, 6.45) is 4.64. The first kappa shape index (κ1) is 9.98. The molecule has 1 atom stereocenters. The van der Waals surface area contributed by atoms with E-state index >= 15 is 0 Å². The molecule has 0 aromatic rings. The van der Waals surface area contributed by atoms with Crippen LogP contribution in [0.4, 0.5) is 0 Å². The fourth-order valence-electron chi connectivity index (χ4n) is 0.590. The lowest BCUT2D eigenvalue weighted by Crippen LogP contribution is -2.00.